The first-order chi connectivity index (χ1) is 13.5. The van der Waals surface area contributed by atoms with Gasteiger partial charge in [0.1, 0.15) is 11.3 Å². The highest BCUT2D eigenvalue weighted by Gasteiger charge is 2.17. The molecule has 28 heavy (non-hydrogen) atoms. The van der Waals surface area contributed by atoms with E-state index in [0.29, 0.717) is 29.6 Å². The van der Waals surface area contributed by atoms with Crippen LogP contribution in [0.25, 0.3) is 11.5 Å². The second-order valence-corrected chi connectivity index (χ2v) is 6.13. The maximum atomic E-state index is 12.6. The summed E-state index contributed by atoms with van der Waals surface area (Å²) in [6.45, 7) is 4.25. The number of amides is 1. The first kappa shape index (κ1) is 19.3. The molecule has 0 saturated heterocycles. The van der Waals surface area contributed by atoms with E-state index < -0.39 is 11.5 Å². The van der Waals surface area contributed by atoms with Crippen LogP contribution in [0.5, 0.6) is 11.5 Å². The van der Waals surface area contributed by atoms with Crippen molar-refractivity contribution in [1.82, 2.24) is 10.3 Å². The van der Waals surface area contributed by atoms with Gasteiger partial charge in [0.15, 0.2) is 11.5 Å². The molecule has 7 nitrogen and oxygen atoms in total. The fourth-order valence-electron chi connectivity index (χ4n) is 2.81. The number of pyridine rings is 1. The average Bonchev–Trinajstić information content (AvgIpc) is 3.23. The second kappa shape index (κ2) is 8.47. The number of ether oxygens (including phenoxy) is 2. The normalized spacial score (nSPS) is 11.7. The van der Waals surface area contributed by atoms with Crippen LogP contribution in [0.15, 0.2) is 57.9 Å². The van der Waals surface area contributed by atoms with Gasteiger partial charge in [-0.25, -0.2) is 0 Å². The van der Waals surface area contributed by atoms with Gasteiger partial charge in [-0.15, -0.1) is 0 Å². The van der Waals surface area contributed by atoms with Gasteiger partial charge >= 0.3 is 0 Å². The molecular weight excluding hydrogens is 360 g/mol. The number of nitrogens with one attached hydrogen (secondary N) is 2. The van der Waals surface area contributed by atoms with Crippen molar-refractivity contribution in [2.45, 2.75) is 19.9 Å². The molecule has 3 rings (SSSR count). The van der Waals surface area contributed by atoms with Crippen LogP contribution < -0.4 is 20.3 Å². The summed E-state index contributed by atoms with van der Waals surface area (Å²) in [6.07, 6.45) is 1.51. The Balaban J connectivity index is 1.76. The maximum Gasteiger partial charge on any atom is 0.261 e. The van der Waals surface area contributed by atoms with Crippen LogP contribution in [0, 0.1) is 0 Å². The van der Waals surface area contributed by atoms with E-state index in [0.717, 1.165) is 5.56 Å². The van der Waals surface area contributed by atoms with Gasteiger partial charge in [0.2, 0.25) is 0 Å². The van der Waals surface area contributed by atoms with Crippen molar-refractivity contribution in [2.75, 3.05) is 13.7 Å². The standard InChI is InChI=1S/C21H22N2O5/c1-4-27-18-10-7-14(12-19(18)26-3)13(2)22-20(24)15-8-9-16(23-21(15)25)17-6-5-11-28-17/h5-13H,4H2,1-3H3,(H,22,24)(H,23,25)/t13-/m1/s1. The van der Waals surface area contributed by atoms with Crippen LogP contribution in [0.3, 0.4) is 0 Å². The molecule has 7 heteroatoms. The van der Waals surface area contributed by atoms with E-state index in [1.165, 1.54) is 12.3 Å². The molecule has 1 aromatic carbocycles. The molecule has 0 spiro atoms. The Hall–Kier alpha value is -3.48. The van der Waals surface area contributed by atoms with E-state index in [4.69, 9.17) is 13.9 Å². The molecule has 0 bridgehead atoms. The molecule has 3 aromatic rings. The van der Waals surface area contributed by atoms with E-state index >= 15 is 0 Å². The number of furan rings is 1. The minimum atomic E-state index is -0.483. The fraction of sp³-hybridized carbons (Fsp3) is 0.238. The van der Waals surface area contributed by atoms with Crippen LogP contribution in [-0.2, 0) is 0 Å². The van der Waals surface area contributed by atoms with Crippen molar-refractivity contribution in [2.24, 2.45) is 0 Å². The lowest BCUT2D eigenvalue weighted by Gasteiger charge is -2.17. The van der Waals surface area contributed by atoms with Gasteiger partial charge in [0, 0.05) is 0 Å². The predicted octanol–water partition coefficient (Wildman–Crippen LogP) is 3.53. The SMILES string of the molecule is CCOc1ccc([C@@H](C)NC(=O)c2ccc(-c3ccco3)[nH]c2=O)cc1OC. The molecular formula is C21H22N2O5. The van der Waals surface area contributed by atoms with E-state index in [-0.39, 0.29) is 11.6 Å². The van der Waals surface area contributed by atoms with Gasteiger partial charge in [0.25, 0.3) is 11.5 Å². The summed E-state index contributed by atoms with van der Waals surface area (Å²) < 4.78 is 16.1. The highest BCUT2D eigenvalue weighted by Crippen LogP contribution is 2.30. The number of carbonyl (C=O) groups is 1. The van der Waals surface area contributed by atoms with Crippen LogP contribution in [0.4, 0.5) is 0 Å². The molecule has 2 N–H and O–H groups in total. The molecule has 2 heterocycles. The van der Waals surface area contributed by atoms with Crippen molar-refractivity contribution >= 4 is 5.91 Å². The number of aromatic amines is 1. The van der Waals surface area contributed by atoms with Gasteiger partial charge in [-0.3, -0.25) is 9.59 Å². The number of benzene rings is 1. The molecule has 0 radical (unpaired) electrons. The Morgan fingerprint density at radius 1 is 1.21 bits per heavy atom. The smallest absolute Gasteiger partial charge is 0.261 e. The molecule has 1 atom stereocenters. The summed E-state index contributed by atoms with van der Waals surface area (Å²) in [4.78, 5) is 27.5. The van der Waals surface area contributed by atoms with Crippen LogP contribution in [0.2, 0.25) is 0 Å². The molecule has 2 aromatic heterocycles. The summed E-state index contributed by atoms with van der Waals surface area (Å²) in [5, 5.41) is 2.83. The number of H-pyrrole nitrogens is 1. The van der Waals surface area contributed by atoms with E-state index in [1.54, 1.807) is 37.4 Å². The fourth-order valence-corrected chi connectivity index (χ4v) is 2.81. The summed E-state index contributed by atoms with van der Waals surface area (Å²) in [6, 6.07) is 11.7. The number of rotatable bonds is 7. The quantitative estimate of drug-likeness (QED) is 0.652. The third-order valence-electron chi connectivity index (χ3n) is 4.28. The monoisotopic (exact) mass is 382 g/mol. The van der Waals surface area contributed by atoms with Crippen molar-refractivity contribution in [3.05, 3.63) is 70.2 Å². The van der Waals surface area contributed by atoms with Gasteiger partial charge < -0.3 is 24.2 Å². The molecule has 0 aliphatic rings. The zero-order valence-electron chi connectivity index (χ0n) is 15.9. The Morgan fingerprint density at radius 2 is 2.04 bits per heavy atom. The third-order valence-corrected chi connectivity index (χ3v) is 4.28. The van der Waals surface area contributed by atoms with E-state index in [1.807, 2.05) is 19.9 Å². The Kier molecular flexibility index (Phi) is 5.84. The summed E-state index contributed by atoms with van der Waals surface area (Å²) in [7, 11) is 1.56. The molecule has 0 aliphatic carbocycles. The first-order valence-corrected chi connectivity index (χ1v) is 8.92. The Labute approximate surface area is 162 Å². The molecule has 0 aliphatic heterocycles. The van der Waals surface area contributed by atoms with Crippen molar-refractivity contribution in [3.63, 3.8) is 0 Å². The minimum absolute atomic E-state index is 0.0278. The number of methoxy groups -OCH3 is 1. The summed E-state index contributed by atoms with van der Waals surface area (Å²) >= 11 is 0. The number of carbonyl (C=O) groups excluding carboxylic acids is 1. The highest BCUT2D eigenvalue weighted by molar-refractivity contribution is 5.94. The van der Waals surface area contributed by atoms with Crippen LogP contribution >= 0.6 is 0 Å². The van der Waals surface area contributed by atoms with Crippen molar-refractivity contribution < 1.29 is 18.7 Å². The lowest BCUT2D eigenvalue weighted by atomic mass is 10.1. The predicted molar refractivity (Wildman–Crippen MR) is 105 cm³/mol. The largest absolute Gasteiger partial charge is 0.493 e. The zero-order chi connectivity index (χ0) is 20.1. The van der Waals surface area contributed by atoms with E-state index in [2.05, 4.69) is 10.3 Å². The molecule has 0 unspecified atom stereocenters. The van der Waals surface area contributed by atoms with E-state index in [9.17, 15) is 9.59 Å². The minimum Gasteiger partial charge on any atom is -0.493 e. The molecule has 0 fully saturated rings. The second-order valence-electron chi connectivity index (χ2n) is 6.13. The third kappa shape index (κ3) is 4.09. The summed E-state index contributed by atoms with van der Waals surface area (Å²) in [5.41, 5.74) is 0.885. The number of aromatic nitrogens is 1. The molecule has 0 saturated carbocycles. The van der Waals surface area contributed by atoms with Crippen LogP contribution in [-0.4, -0.2) is 24.6 Å². The average molecular weight is 382 g/mol. The van der Waals surface area contributed by atoms with Gasteiger partial charge in [-0.2, -0.15) is 0 Å². The lowest BCUT2D eigenvalue weighted by Crippen LogP contribution is -2.31. The molecule has 1 amide bonds. The zero-order valence-corrected chi connectivity index (χ0v) is 15.9. The van der Waals surface area contributed by atoms with Crippen molar-refractivity contribution in [3.8, 4) is 23.0 Å². The Morgan fingerprint density at radius 3 is 2.68 bits per heavy atom. The highest BCUT2D eigenvalue weighted by atomic mass is 16.5. The first-order valence-electron chi connectivity index (χ1n) is 8.92. The van der Waals surface area contributed by atoms with Crippen LogP contribution in [0.1, 0.15) is 35.8 Å². The Bertz CT molecular complexity index is 1010. The topological polar surface area (TPSA) is 93.6 Å². The summed E-state index contributed by atoms with van der Waals surface area (Å²) in [5.74, 6) is 1.28. The maximum absolute atomic E-state index is 12.6. The molecule has 146 valence electrons. The van der Waals surface area contributed by atoms with Crippen molar-refractivity contribution in [1.29, 1.82) is 0 Å². The van der Waals surface area contributed by atoms with Gasteiger partial charge in [0.05, 0.1) is 31.7 Å². The van der Waals surface area contributed by atoms with Gasteiger partial charge in [-0.05, 0) is 55.8 Å². The number of hydrogen-bond donors (Lipinski definition) is 2. The number of hydrogen-bond acceptors (Lipinski definition) is 5. The van der Waals surface area contributed by atoms with Gasteiger partial charge in [-0.1, -0.05) is 6.07 Å². The lowest BCUT2D eigenvalue weighted by molar-refractivity contribution is 0.0938.